The second kappa shape index (κ2) is 6.57. The lowest BCUT2D eigenvalue weighted by Gasteiger charge is -2.07. The molecule has 0 aliphatic rings. The first kappa shape index (κ1) is 15.3. The Labute approximate surface area is 127 Å². The first-order valence-electron chi connectivity index (χ1n) is 6.75. The zero-order valence-corrected chi connectivity index (χ0v) is 13.3. The molecule has 2 aromatic rings. The summed E-state index contributed by atoms with van der Waals surface area (Å²) in [6.45, 7) is 5.58. The predicted molar refractivity (Wildman–Crippen MR) is 84.7 cm³/mol. The van der Waals surface area contributed by atoms with E-state index in [1.165, 1.54) is 11.5 Å². The van der Waals surface area contributed by atoms with Gasteiger partial charge in [0.25, 0.3) is 5.91 Å². The van der Waals surface area contributed by atoms with Crippen molar-refractivity contribution in [1.29, 1.82) is 0 Å². The molecule has 0 aliphatic heterocycles. The third-order valence-corrected chi connectivity index (χ3v) is 3.93. The Bertz CT molecular complexity index is 633. The molecule has 8 heteroatoms. The molecule has 21 heavy (non-hydrogen) atoms. The smallest absolute Gasteiger partial charge is 0.257 e. The molecule has 114 valence electrons. The summed E-state index contributed by atoms with van der Waals surface area (Å²) in [6.07, 6.45) is 0.896. The van der Waals surface area contributed by atoms with Gasteiger partial charge in [0, 0.05) is 25.8 Å². The summed E-state index contributed by atoms with van der Waals surface area (Å²) in [6, 6.07) is 2.06. The number of rotatable bonds is 6. The molecule has 0 saturated heterocycles. The van der Waals surface area contributed by atoms with Crippen LogP contribution >= 0.6 is 11.5 Å². The van der Waals surface area contributed by atoms with E-state index in [0.717, 1.165) is 30.9 Å². The minimum absolute atomic E-state index is 0.220. The molecule has 0 radical (unpaired) electrons. The molecular formula is C13H20N6OS. The summed E-state index contributed by atoms with van der Waals surface area (Å²) in [5, 5.41) is 10.9. The van der Waals surface area contributed by atoms with Crippen molar-refractivity contribution in [3.8, 4) is 0 Å². The van der Waals surface area contributed by atoms with Crippen molar-refractivity contribution in [2.24, 2.45) is 0 Å². The van der Waals surface area contributed by atoms with Crippen molar-refractivity contribution >= 4 is 28.3 Å². The number of anilines is 2. The van der Waals surface area contributed by atoms with Crippen LogP contribution in [0.25, 0.3) is 0 Å². The fraction of sp³-hybridized carbons (Fsp3) is 0.462. The van der Waals surface area contributed by atoms with Gasteiger partial charge < -0.3 is 16.4 Å². The summed E-state index contributed by atoms with van der Waals surface area (Å²) in [7, 11) is 1.58. The standard InChI is InChI=1S/C13H20N6OS/c1-8-7-9(2)19(17-8)6-4-5-16-13-10(12(20)15-3)11(14)18-21-13/h7,16H,4-6H2,1-3H3,(H2,14,18)(H,15,20). The van der Waals surface area contributed by atoms with Crippen molar-refractivity contribution < 1.29 is 4.79 Å². The number of hydrogen-bond donors (Lipinski definition) is 3. The van der Waals surface area contributed by atoms with E-state index in [1.807, 2.05) is 18.5 Å². The molecule has 0 unspecified atom stereocenters. The highest BCUT2D eigenvalue weighted by Crippen LogP contribution is 2.26. The highest BCUT2D eigenvalue weighted by atomic mass is 32.1. The number of hydrogen-bond acceptors (Lipinski definition) is 6. The normalized spacial score (nSPS) is 10.6. The molecule has 0 aliphatic carbocycles. The van der Waals surface area contributed by atoms with Crippen LogP contribution in [0.2, 0.25) is 0 Å². The maximum Gasteiger partial charge on any atom is 0.257 e. The lowest BCUT2D eigenvalue weighted by atomic mass is 10.3. The van der Waals surface area contributed by atoms with Gasteiger partial charge in [-0.05, 0) is 37.9 Å². The van der Waals surface area contributed by atoms with E-state index in [-0.39, 0.29) is 11.7 Å². The van der Waals surface area contributed by atoms with Crippen molar-refractivity contribution in [2.45, 2.75) is 26.8 Å². The lowest BCUT2D eigenvalue weighted by Crippen LogP contribution is -2.20. The van der Waals surface area contributed by atoms with Gasteiger partial charge in [-0.1, -0.05) is 0 Å². The lowest BCUT2D eigenvalue weighted by molar-refractivity contribution is 0.0965. The minimum atomic E-state index is -0.220. The third-order valence-electron chi connectivity index (χ3n) is 3.11. The number of nitrogens with one attached hydrogen (secondary N) is 2. The largest absolute Gasteiger partial charge is 0.382 e. The monoisotopic (exact) mass is 308 g/mol. The van der Waals surface area contributed by atoms with Crippen LogP contribution < -0.4 is 16.4 Å². The zero-order chi connectivity index (χ0) is 15.4. The maximum atomic E-state index is 11.7. The Balaban J connectivity index is 1.89. The Morgan fingerprint density at radius 2 is 2.24 bits per heavy atom. The van der Waals surface area contributed by atoms with Crippen LogP contribution in [0.3, 0.4) is 0 Å². The molecule has 0 bridgehead atoms. The summed E-state index contributed by atoms with van der Waals surface area (Å²) in [5.41, 5.74) is 8.32. The van der Waals surface area contributed by atoms with Crippen LogP contribution in [0.5, 0.6) is 0 Å². The topological polar surface area (TPSA) is 97.9 Å². The van der Waals surface area contributed by atoms with Crippen LogP contribution in [0.4, 0.5) is 10.8 Å². The number of aromatic nitrogens is 3. The van der Waals surface area contributed by atoms with Crippen LogP contribution in [-0.2, 0) is 6.54 Å². The highest BCUT2D eigenvalue weighted by Gasteiger charge is 2.17. The summed E-state index contributed by atoms with van der Waals surface area (Å²) in [5.74, 6) is 0.0442. The molecule has 0 atom stereocenters. The third kappa shape index (κ3) is 3.52. The van der Waals surface area contributed by atoms with Gasteiger partial charge in [-0.3, -0.25) is 9.48 Å². The van der Waals surface area contributed by atoms with E-state index >= 15 is 0 Å². The first-order valence-corrected chi connectivity index (χ1v) is 7.52. The molecule has 4 N–H and O–H groups in total. The SMILES string of the molecule is CNC(=O)c1c(N)nsc1NCCCn1nc(C)cc1C. The molecular weight excluding hydrogens is 288 g/mol. The molecule has 0 saturated carbocycles. The summed E-state index contributed by atoms with van der Waals surface area (Å²) < 4.78 is 6.00. The number of amides is 1. The Morgan fingerprint density at radius 1 is 1.48 bits per heavy atom. The Kier molecular flexibility index (Phi) is 4.79. The van der Waals surface area contributed by atoms with Crippen molar-refractivity contribution in [3.05, 3.63) is 23.0 Å². The van der Waals surface area contributed by atoms with Gasteiger partial charge in [-0.15, -0.1) is 0 Å². The van der Waals surface area contributed by atoms with Gasteiger partial charge in [-0.25, -0.2) is 0 Å². The highest BCUT2D eigenvalue weighted by molar-refractivity contribution is 7.11. The van der Waals surface area contributed by atoms with Gasteiger partial charge in [0.15, 0.2) is 5.82 Å². The van der Waals surface area contributed by atoms with E-state index in [4.69, 9.17) is 5.73 Å². The predicted octanol–water partition coefficient (Wildman–Crippen LogP) is 1.40. The van der Waals surface area contributed by atoms with Gasteiger partial charge >= 0.3 is 0 Å². The van der Waals surface area contributed by atoms with E-state index < -0.39 is 0 Å². The average molecular weight is 308 g/mol. The van der Waals surface area contributed by atoms with Crippen LogP contribution in [0.15, 0.2) is 6.07 Å². The molecule has 0 spiro atoms. The van der Waals surface area contributed by atoms with E-state index in [1.54, 1.807) is 7.05 Å². The number of carbonyl (C=O) groups is 1. The number of nitrogen functional groups attached to an aromatic ring is 1. The summed E-state index contributed by atoms with van der Waals surface area (Å²) >= 11 is 1.20. The van der Waals surface area contributed by atoms with Crippen LogP contribution in [0, 0.1) is 13.8 Å². The average Bonchev–Trinajstić information content (AvgIpc) is 2.97. The molecule has 0 aromatic carbocycles. The molecule has 1 amide bonds. The number of nitrogens with zero attached hydrogens (tertiary/aromatic N) is 3. The summed E-state index contributed by atoms with van der Waals surface area (Å²) in [4.78, 5) is 11.7. The van der Waals surface area contributed by atoms with E-state index in [0.29, 0.717) is 10.6 Å². The molecule has 2 rings (SSSR count). The second-order valence-electron chi connectivity index (χ2n) is 4.78. The van der Waals surface area contributed by atoms with Gasteiger partial charge in [0.05, 0.1) is 5.69 Å². The Hall–Kier alpha value is -2.09. The molecule has 7 nitrogen and oxygen atoms in total. The quantitative estimate of drug-likeness (QED) is 0.701. The zero-order valence-electron chi connectivity index (χ0n) is 12.4. The van der Waals surface area contributed by atoms with E-state index in [9.17, 15) is 4.79 Å². The van der Waals surface area contributed by atoms with E-state index in [2.05, 4.69) is 26.2 Å². The fourth-order valence-electron chi connectivity index (χ4n) is 2.10. The Morgan fingerprint density at radius 3 is 2.86 bits per heavy atom. The first-order chi connectivity index (χ1) is 10.0. The van der Waals surface area contributed by atoms with Crippen molar-refractivity contribution in [2.75, 3.05) is 24.6 Å². The van der Waals surface area contributed by atoms with Gasteiger partial charge in [0.2, 0.25) is 0 Å². The van der Waals surface area contributed by atoms with Crippen molar-refractivity contribution in [3.63, 3.8) is 0 Å². The van der Waals surface area contributed by atoms with Crippen LogP contribution in [0.1, 0.15) is 28.2 Å². The minimum Gasteiger partial charge on any atom is -0.382 e. The van der Waals surface area contributed by atoms with Gasteiger partial charge in [-0.2, -0.15) is 9.47 Å². The maximum absolute atomic E-state index is 11.7. The molecule has 2 aromatic heterocycles. The van der Waals surface area contributed by atoms with Crippen LogP contribution in [-0.4, -0.2) is 33.7 Å². The molecule has 0 fully saturated rings. The fourth-order valence-corrected chi connectivity index (χ4v) is 2.84. The number of nitrogens with two attached hydrogens (primary N) is 1. The second-order valence-corrected chi connectivity index (χ2v) is 5.56. The van der Waals surface area contributed by atoms with Crippen molar-refractivity contribution in [1.82, 2.24) is 19.5 Å². The number of aryl methyl sites for hydroxylation is 3. The van der Waals surface area contributed by atoms with Gasteiger partial charge in [0.1, 0.15) is 10.6 Å². The molecule has 2 heterocycles. The number of carbonyl (C=O) groups excluding carboxylic acids is 1.